The Balaban J connectivity index is 1.76. The van der Waals surface area contributed by atoms with E-state index in [1.54, 1.807) is 10.6 Å². The van der Waals surface area contributed by atoms with Crippen LogP contribution in [0.3, 0.4) is 0 Å². The summed E-state index contributed by atoms with van der Waals surface area (Å²) in [5.74, 6) is -0.889. The first-order valence-electron chi connectivity index (χ1n) is 8.18. The van der Waals surface area contributed by atoms with Crippen LogP contribution >= 0.6 is 0 Å². The smallest absolute Gasteiger partial charge is 0.224 e. The molecule has 2 aromatic heterocycles. The molecule has 1 amide bonds. The fourth-order valence-electron chi connectivity index (χ4n) is 2.90. The van der Waals surface area contributed by atoms with Gasteiger partial charge in [0.05, 0.1) is 11.8 Å². The standard InChI is InChI=1S/C19H15FN6O/c1-11-16(12(2)26-19(24-11)14(9-22)10-23-26)4-6-18(27)25-15-3-5-17(20)13(7-15)8-21/h3,5,7,10H,4,6H2,1-2H3,(H,25,27). The molecule has 3 rings (SSSR count). The summed E-state index contributed by atoms with van der Waals surface area (Å²) in [4.78, 5) is 16.7. The number of anilines is 1. The molecule has 0 unspecified atom stereocenters. The van der Waals surface area contributed by atoms with E-state index in [0.29, 0.717) is 23.3 Å². The van der Waals surface area contributed by atoms with Crippen molar-refractivity contribution in [1.82, 2.24) is 14.6 Å². The van der Waals surface area contributed by atoms with E-state index in [9.17, 15) is 9.18 Å². The molecule has 0 aliphatic heterocycles. The van der Waals surface area contributed by atoms with Gasteiger partial charge in [-0.2, -0.15) is 15.6 Å². The van der Waals surface area contributed by atoms with Crippen LogP contribution in [0.2, 0.25) is 0 Å². The Morgan fingerprint density at radius 3 is 2.70 bits per heavy atom. The number of amides is 1. The van der Waals surface area contributed by atoms with E-state index < -0.39 is 5.82 Å². The molecule has 0 saturated carbocycles. The maximum absolute atomic E-state index is 13.4. The number of aromatic nitrogens is 3. The van der Waals surface area contributed by atoms with Crippen molar-refractivity contribution >= 4 is 17.2 Å². The van der Waals surface area contributed by atoms with Crippen LogP contribution in [-0.2, 0) is 11.2 Å². The lowest BCUT2D eigenvalue weighted by Gasteiger charge is -2.11. The minimum Gasteiger partial charge on any atom is -0.326 e. The average Bonchev–Trinajstić information content (AvgIpc) is 3.06. The maximum Gasteiger partial charge on any atom is 0.224 e. The van der Waals surface area contributed by atoms with Gasteiger partial charge in [-0.05, 0) is 44.0 Å². The molecule has 8 heteroatoms. The van der Waals surface area contributed by atoms with E-state index in [2.05, 4.69) is 21.5 Å². The molecule has 0 aliphatic rings. The molecule has 0 bridgehead atoms. The van der Waals surface area contributed by atoms with Crippen LogP contribution in [0, 0.1) is 42.3 Å². The van der Waals surface area contributed by atoms with E-state index in [4.69, 9.17) is 10.5 Å². The van der Waals surface area contributed by atoms with Crippen molar-refractivity contribution in [1.29, 1.82) is 10.5 Å². The van der Waals surface area contributed by atoms with Crippen molar-refractivity contribution in [2.45, 2.75) is 26.7 Å². The molecule has 0 spiro atoms. The summed E-state index contributed by atoms with van der Waals surface area (Å²) in [7, 11) is 0. The van der Waals surface area contributed by atoms with Crippen LogP contribution in [0.25, 0.3) is 5.65 Å². The number of nitrogens with one attached hydrogen (secondary N) is 1. The van der Waals surface area contributed by atoms with Crippen LogP contribution in [0.15, 0.2) is 24.4 Å². The van der Waals surface area contributed by atoms with E-state index in [1.165, 1.54) is 18.3 Å². The minimum absolute atomic E-state index is 0.124. The first-order chi connectivity index (χ1) is 12.9. The summed E-state index contributed by atoms with van der Waals surface area (Å²) in [5, 5.41) is 24.8. The number of carbonyl (C=O) groups is 1. The molecule has 0 saturated heterocycles. The Bertz CT molecular complexity index is 1140. The molecule has 0 fully saturated rings. The summed E-state index contributed by atoms with van der Waals surface area (Å²) in [6.07, 6.45) is 2.08. The summed E-state index contributed by atoms with van der Waals surface area (Å²) in [6.45, 7) is 3.69. The number of nitriles is 2. The van der Waals surface area contributed by atoms with Crippen molar-refractivity contribution < 1.29 is 9.18 Å². The van der Waals surface area contributed by atoms with E-state index in [0.717, 1.165) is 23.0 Å². The van der Waals surface area contributed by atoms with Gasteiger partial charge < -0.3 is 5.32 Å². The van der Waals surface area contributed by atoms with Gasteiger partial charge in [0.2, 0.25) is 5.91 Å². The zero-order valence-corrected chi connectivity index (χ0v) is 14.7. The highest BCUT2D eigenvalue weighted by molar-refractivity contribution is 5.91. The van der Waals surface area contributed by atoms with Crippen molar-refractivity contribution in [3.63, 3.8) is 0 Å². The fraction of sp³-hybridized carbons (Fsp3) is 0.211. The van der Waals surface area contributed by atoms with Gasteiger partial charge in [-0.1, -0.05) is 0 Å². The Morgan fingerprint density at radius 2 is 2.00 bits per heavy atom. The van der Waals surface area contributed by atoms with Crippen LogP contribution < -0.4 is 5.32 Å². The van der Waals surface area contributed by atoms with Gasteiger partial charge in [-0.15, -0.1) is 0 Å². The Morgan fingerprint density at radius 1 is 1.26 bits per heavy atom. The maximum atomic E-state index is 13.4. The number of fused-ring (bicyclic) bond motifs is 1. The number of aryl methyl sites for hydroxylation is 2. The molecule has 7 nitrogen and oxygen atoms in total. The number of halogens is 1. The zero-order valence-electron chi connectivity index (χ0n) is 14.7. The third-order valence-electron chi connectivity index (χ3n) is 4.30. The Kier molecular flexibility index (Phi) is 4.82. The fourth-order valence-corrected chi connectivity index (χ4v) is 2.90. The number of rotatable bonds is 4. The van der Waals surface area contributed by atoms with Crippen LogP contribution in [0.5, 0.6) is 0 Å². The second kappa shape index (κ2) is 7.22. The quantitative estimate of drug-likeness (QED) is 0.768. The van der Waals surface area contributed by atoms with Crippen molar-refractivity contribution in [3.05, 3.63) is 58.3 Å². The van der Waals surface area contributed by atoms with Gasteiger partial charge in [0.1, 0.15) is 23.5 Å². The highest BCUT2D eigenvalue weighted by Gasteiger charge is 2.15. The number of nitrogens with zero attached hydrogens (tertiary/aromatic N) is 5. The largest absolute Gasteiger partial charge is 0.326 e. The SMILES string of the molecule is Cc1nc2c(C#N)cnn2c(C)c1CCC(=O)Nc1ccc(F)c(C#N)c1. The lowest BCUT2D eigenvalue weighted by molar-refractivity contribution is -0.116. The molecular formula is C19H15FN6O. The second-order valence-corrected chi connectivity index (χ2v) is 6.02. The van der Waals surface area contributed by atoms with Crippen LogP contribution in [-0.4, -0.2) is 20.5 Å². The normalized spacial score (nSPS) is 10.4. The predicted octanol–water partition coefficient (Wildman–Crippen LogP) is 2.80. The number of carbonyl (C=O) groups excluding carboxylic acids is 1. The highest BCUT2D eigenvalue weighted by Crippen LogP contribution is 2.19. The van der Waals surface area contributed by atoms with E-state index in [-0.39, 0.29) is 17.9 Å². The first kappa shape index (κ1) is 18.0. The van der Waals surface area contributed by atoms with Gasteiger partial charge in [0.15, 0.2) is 5.65 Å². The van der Waals surface area contributed by atoms with E-state index in [1.807, 2.05) is 13.8 Å². The predicted molar refractivity (Wildman–Crippen MR) is 95.2 cm³/mol. The molecule has 0 aliphatic carbocycles. The van der Waals surface area contributed by atoms with Crippen LogP contribution in [0.1, 0.15) is 34.5 Å². The Hall–Kier alpha value is -3.78. The zero-order chi connectivity index (χ0) is 19.6. The number of hydrogen-bond acceptors (Lipinski definition) is 5. The van der Waals surface area contributed by atoms with Crippen molar-refractivity contribution in [3.8, 4) is 12.1 Å². The lowest BCUT2D eigenvalue weighted by atomic mass is 10.1. The Labute approximate surface area is 154 Å². The third-order valence-corrected chi connectivity index (χ3v) is 4.30. The number of benzene rings is 1. The second-order valence-electron chi connectivity index (χ2n) is 6.02. The van der Waals surface area contributed by atoms with Gasteiger partial charge in [0.25, 0.3) is 0 Å². The molecular weight excluding hydrogens is 347 g/mol. The average molecular weight is 362 g/mol. The lowest BCUT2D eigenvalue weighted by Crippen LogP contribution is -2.14. The minimum atomic E-state index is -0.628. The molecule has 1 aromatic carbocycles. The third kappa shape index (κ3) is 3.46. The molecule has 2 heterocycles. The van der Waals surface area contributed by atoms with Gasteiger partial charge in [0, 0.05) is 23.5 Å². The molecule has 3 aromatic rings. The summed E-state index contributed by atoms with van der Waals surface area (Å²) < 4.78 is 14.9. The van der Waals surface area contributed by atoms with Gasteiger partial charge >= 0.3 is 0 Å². The molecule has 27 heavy (non-hydrogen) atoms. The molecule has 0 radical (unpaired) electrons. The van der Waals surface area contributed by atoms with Crippen molar-refractivity contribution in [2.75, 3.05) is 5.32 Å². The topological polar surface area (TPSA) is 107 Å². The monoisotopic (exact) mass is 362 g/mol. The van der Waals surface area contributed by atoms with Crippen LogP contribution in [0.4, 0.5) is 10.1 Å². The molecule has 1 N–H and O–H groups in total. The summed E-state index contributed by atoms with van der Waals surface area (Å²) in [6, 6.07) is 7.64. The van der Waals surface area contributed by atoms with E-state index >= 15 is 0 Å². The van der Waals surface area contributed by atoms with Gasteiger partial charge in [-0.25, -0.2) is 13.9 Å². The molecule has 0 atom stereocenters. The first-order valence-corrected chi connectivity index (χ1v) is 8.18. The highest BCUT2D eigenvalue weighted by atomic mass is 19.1. The summed E-state index contributed by atoms with van der Waals surface area (Å²) >= 11 is 0. The van der Waals surface area contributed by atoms with Crippen molar-refractivity contribution in [2.24, 2.45) is 0 Å². The number of hydrogen-bond donors (Lipinski definition) is 1. The summed E-state index contributed by atoms with van der Waals surface area (Å²) in [5.41, 5.74) is 3.57. The molecule has 134 valence electrons. The van der Waals surface area contributed by atoms with Gasteiger partial charge in [-0.3, -0.25) is 4.79 Å².